The van der Waals surface area contributed by atoms with Gasteiger partial charge in [-0.2, -0.15) is 14.0 Å². The predicted octanol–water partition coefficient (Wildman–Crippen LogP) is 5.46. The normalized spacial score (nSPS) is 35.6. The van der Waals surface area contributed by atoms with Crippen LogP contribution in [0.5, 0.6) is 0 Å². The molecular formula is C28H27F2NO2. The minimum atomic E-state index is -3.63. The van der Waals surface area contributed by atoms with E-state index in [-0.39, 0.29) is 30.0 Å². The second-order valence-corrected chi connectivity index (χ2v) is 10.4. The number of terminal acetylenes is 1. The number of allylic oxidation sites excluding steroid dienone is 4. The van der Waals surface area contributed by atoms with Crippen LogP contribution in [0.15, 0.2) is 47.1 Å². The van der Waals surface area contributed by atoms with Gasteiger partial charge < -0.3 is 5.11 Å². The van der Waals surface area contributed by atoms with E-state index in [9.17, 15) is 15.2 Å². The van der Waals surface area contributed by atoms with E-state index in [1.807, 2.05) is 18.2 Å². The number of alkyl halides is 2. The monoisotopic (exact) mass is 447 g/mol. The van der Waals surface area contributed by atoms with Crippen LogP contribution >= 0.6 is 0 Å². The number of aliphatic hydroxyl groups is 1. The first-order valence-corrected chi connectivity index (χ1v) is 11.7. The molecule has 1 aromatic carbocycles. The lowest BCUT2D eigenvalue weighted by atomic mass is 9.50. The molecule has 33 heavy (non-hydrogen) atoms. The Morgan fingerprint density at radius 3 is 2.76 bits per heavy atom. The molecule has 0 spiro atoms. The van der Waals surface area contributed by atoms with Crippen LogP contribution in [0.2, 0.25) is 0 Å². The molecule has 5 heteroatoms. The zero-order valence-corrected chi connectivity index (χ0v) is 18.7. The Hall–Kier alpha value is -2.76. The summed E-state index contributed by atoms with van der Waals surface area (Å²) in [5, 5.41) is 20.9. The second kappa shape index (κ2) is 7.37. The van der Waals surface area contributed by atoms with Gasteiger partial charge in [0.1, 0.15) is 5.60 Å². The third-order valence-electron chi connectivity index (χ3n) is 9.01. The van der Waals surface area contributed by atoms with Gasteiger partial charge in [-0.15, -0.1) is 6.42 Å². The third kappa shape index (κ3) is 2.99. The van der Waals surface area contributed by atoms with Gasteiger partial charge in [0.05, 0.1) is 11.6 Å². The number of halogens is 2. The van der Waals surface area contributed by atoms with Gasteiger partial charge >= 0.3 is 5.92 Å². The molecule has 1 aromatic rings. The molecule has 0 bridgehead atoms. The van der Waals surface area contributed by atoms with Crippen molar-refractivity contribution in [2.75, 3.05) is 0 Å². The van der Waals surface area contributed by atoms with Gasteiger partial charge in [-0.3, -0.25) is 4.79 Å². The molecule has 2 fully saturated rings. The van der Waals surface area contributed by atoms with Crippen molar-refractivity contribution in [3.63, 3.8) is 0 Å². The lowest BCUT2D eigenvalue weighted by Crippen LogP contribution is -2.60. The van der Waals surface area contributed by atoms with E-state index in [0.717, 1.165) is 24.0 Å². The second-order valence-electron chi connectivity index (χ2n) is 10.4. The van der Waals surface area contributed by atoms with E-state index < -0.39 is 16.9 Å². The summed E-state index contributed by atoms with van der Waals surface area (Å²) in [5.74, 6) is -2.18. The van der Waals surface area contributed by atoms with Gasteiger partial charge in [-0.1, -0.05) is 24.6 Å². The van der Waals surface area contributed by atoms with Crippen LogP contribution in [0.4, 0.5) is 8.78 Å². The maximum Gasteiger partial charge on any atom is 0.336 e. The summed E-state index contributed by atoms with van der Waals surface area (Å²) in [6, 6.07) is 9.51. The van der Waals surface area contributed by atoms with Crippen LogP contribution in [-0.4, -0.2) is 22.4 Å². The summed E-state index contributed by atoms with van der Waals surface area (Å²) >= 11 is 0. The summed E-state index contributed by atoms with van der Waals surface area (Å²) in [7, 11) is 0. The van der Waals surface area contributed by atoms with Crippen molar-refractivity contribution in [3.8, 4) is 18.4 Å². The maximum absolute atomic E-state index is 15.1. The van der Waals surface area contributed by atoms with Crippen molar-refractivity contribution in [1.82, 2.24) is 0 Å². The van der Waals surface area contributed by atoms with E-state index in [4.69, 9.17) is 6.42 Å². The van der Waals surface area contributed by atoms with Gasteiger partial charge in [0, 0.05) is 17.8 Å². The van der Waals surface area contributed by atoms with E-state index in [1.54, 1.807) is 25.0 Å². The first kappa shape index (κ1) is 22.1. The molecule has 2 saturated carbocycles. The molecular weight excluding hydrogens is 420 g/mol. The Balaban J connectivity index is 1.72. The number of carbonyl (C=O) groups excluding carboxylic acids is 1. The largest absolute Gasteiger partial charge is 0.382 e. The van der Waals surface area contributed by atoms with Crippen molar-refractivity contribution in [1.29, 1.82) is 5.26 Å². The quantitative estimate of drug-likeness (QED) is 0.613. The molecule has 0 amide bonds. The number of benzene rings is 1. The molecule has 0 heterocycles. The van der Waals surface area contributed by atoms with Crippen LogP contribution in [-0.2, 0) is 4.79 Å². The van der Waals surface area contributed by atoms with Crippen molar-refractivity contribution in [2.45, 2.75) is 69.3 Å². The number of nitriles is 1. The highest BCUT2D eigenvalue weighted by atomic mass is 19.3. The number of ketones is 1. The van der Waals surface area contributed by atoms with E-state index in [0.29, 0.717) is 31.2 Å². The first-order valence-electron chi connectivity index (χ1n) is 11.7. The third-order valence-corrected chi connectivity index (χ3v) is 9.01. The minimum Gasteiger partial charge on any atom is -0.382 e. The number of hydrogen-bond donors (Lipinski definition) is 1. The van der Waals surface area contributed by atoms with Crippen LogP contribution in [0.1, 0.15) is 68.9 Å². The molecule has 4 aliphatic carbocycles. The average molecular weight is 448 g/mol. The molecule has 0 radical (unpaired) electrons. The van der Waals surface area contributed by atoms with Crippen molar-refractivity contribution in [3.05, 3.63) is 58.2 Å². The first-order chi connectivity index (χ1) is 15.6. The molecule has 5 rings (SSSR count). The lowest BCUT2D eigenvalue weighted by Gasteiger charge is -2.55. The van der Waals surface area contributed by atoms with Gasteiger partial charge in [-0.05, 0) is 91.2 Å². The van der Waals surface area contributed by atoms with Crippen molar-refractivity contribution in [2.24, 2.45) is 17.3 Å². The van der Waals surface area contributed by atoms with E-state index in [1.165, 1.54) is 11.1 Å². The van der Waals surface area contributed by atoms with Crippen LogP contribution in [0.25, 0.3) is 0 Å². The Bertz CT molecular complexity index is 1180. The zero-order valence-electron chi connectivity index (χ0n) is 18.7. The van der Waals surface area contributed by atoms with Crippen LogP contribution in [0, 0.1) is 40.9 Å². The molecule has 170 valence electrons. The smallest absolute Gasteiger partial charge is 0.336 e. The molecule has 2 unspecified atom stereocenters. The molecule has 0 aromatic heterocycles. The van der Waals surface area contributed by atoms with E-state index in [2.05, 4.69) is 6.07 Å². The Morgan fingerprint density at radius 1 is 1.24 bits per heavy atom. The maximum atomic E-state index is 15.1. The topological polar surface area (TPSA) is 61.1 Å². The fourth-order valence-corrected chi connectivity index (χ4v) is 7.42. The van der Waals surface area contributed by atoms with Gasteiger partial charge in [0.15, 0.2) is 5.78 Å². The Kier molecular flexibility index (Phi) is 4.93. The summed E-state index contributed by atoms with van der Waals surface area (Å²) in [5.41, 5.74) is 1.56. The summed E-state index contributed by atoms with van der Waals surface area (Å²) in [6.07, 6.45) is 10.4. The Labute approximate surface area is 193 Å². The number of hydrogen-bond acceptors (Lipinski definition) is 3. The molecule has 0 aliphatic heterocycles. The highest BCUT2D eigenvalue weighted by molar-refractivity contribution is 5.93. The molecule has 4 aliphatic rings. The summed E-state index contributed by atoms with van der Waals surface area (Å²) < 4.78 is 30.1. The van der Waals surface area contributed by atoms with Gasteiger partial charge in [0.2, 0.25) is 0 Å². The summed E-state index contributed by atoms with van der Waals surface area (Å²) in [6.45, 7) is 1.79. The van der Waals surface area contributed by atoms with Crippen molar-refractivity contribution >= 4 is 5.78 Å². The highest BCUT2D eigenvalue weighted by Gasteiger charge is 2.71. The van der Waals surface area contributed by atoms with Gasteiger partial charge in [0.25, 0.3) is 0 Å². The highest BCUT2D eigenvalue weighted by Crippen LogP contribution is 2.69. The number of rotatable bonds is 2. The fraction of sp³-hybridized carbons (Fsp3) is 0.500. The zero-order chi connectivity index (χ0) is 23.6. The number of nitrogens with zero attached hydrogens (tertiary/aromatic N) is 1. The standard InChI is InChI=1S/C28H27F2NO2/c1-3-28(29,30)27(33)12-11-24-22-9-7-19-14-20(32)8-10-21(19)25(22)23(15-26(24,27)2)18-6-4-5-17(13-18)16-31/h1,4-6,13-14,22-24,33H,7-12,15H2,2H3/t22?,23-,24?,26+,27+/m1/s1. The van der Waals surface area contributed by atoms with Crippen molar-refractivity contribution < 1.29 is 18.7 Å². The fourth-order valence-electron chi connectivity index (χ4n) is 7.42. The minimum absolute atomic E-state index is 0.0311. The van der Waals surface area contributed by atoms with Gasteiger partial charge in [-0.25, -0.2) is 0 Å². The molecule has 1 N–H and O–H groups in total. The average Bonchev–Trinajstić information content (AvgIpc) is 3.10. The molecule has 5 atom stereocenters. The Morgan fingerprint density at radius 2 is 2.03 bits per heavy atom. The van der Waals surface area contributed by atoms with Crippen LogP contribution in [0.3, 0.4) is 0 Å². The lowest BCUT2D eigenvalue weighted by molar-refractivity contribution is -0.209. The molecule has 0 saturated heterocycles. The number of fused-ring (bicyclic) bond motifs is 4. The molecule has 3 nitrogen and oxygen atoms in total. The summed E-state index contributed by atoms with van der Waals surface area (Å²) in [4.78, 5) is 12.1. The SMILES string of the molecule is C#CC(F)(F)[C@]1(O)CCC2C3CCC4=CC(=O)CCC4=C3[C@@H](c3cccc(C#N)c3)C[C@@]21C. The van der Waals surface area contributed by atoms with Crippen LogP contribution < -0.4 is 0 Å². The predicted molar refractivity (Wildman–Crippen MR) is 120 cm³/mol. The van der Waals surface area contributed by atoms with E-state index >= 15 is 8.78 Å². The number of carbonyl (C=O) groups is 1.